The third-order valence-electron chi connectivity index (χ3n) is 8.90. The number of aromatic nitrogens is 1. The van der Waals surface area contributed by atoms with E-state index in [1.807, 2.05) is 53.6 Å². The van der Waals surface area contributed by atoms with Gasteiger partial charge in [-0.3, -0.25) is 19.5 Å². The van der Waals surface area contributed by atoms with Gasteiger partial charge in [-0.1, -0.05) is 72.3 Å². The summed E-state index contributed by atoms with van der Waals surface area (Å²) in [4.78, 5) is 38.4. The van der Waals surface area contributed by atoms with E-state index in [1.165, 1.54) is 27.9 Å². The minimum absolute atomic E-state index is 0.0522. The zero-order valence-electron chi connectivity index (χ0n) is 26.2. The lowest BCUT2D eigenvalue weighted by Gasteiger charge is -2.39. The number of carbonyl (C=O) groups excluding carboxylic acids is 2. The Morgan fingerprint density at radius 2 is 1.65 bits per heavy atom. The van der Waals surface area contributed by atoms with Gasteiger partial charge in [-0.2, -0.15) is 0 Å². The van der Waals surface area contributed by atoms with E-state index < -0.39 is 6.04 Å². The Morgan fingerprint density at radius 3 is 2.41 bits per heavy atom. The predicted octanol–water partition coefficient (Wildman–Crippen LogP) is 4.46. The van der Waals surface area contributed by atoms with Gasteiger partial charge in [0.1, 0.15) is 6.04 Å². The van der Waals surface area contributed by atoms with Gasteiger partial charge in [0.15, 0.2) is 0 Å². The number of nitrogens with one attached hydrogen (secondary N) is 2. The van der Waals surface area contributed by atoms with Gasteiger partial charge in [0, 0.05) is 75.3 Å². The lowest BCUT2D eigenvalue weighted by molar-refractivity contribution is -0.137. The third-order valence-corrected chi connectivity index (χ3v) is 9.16. The second kappa shape index (κ2) is 14.9. The van der Waals surface area contributed by atoms with Gasteiger partial charge in [-0.15, -0.1) is 0 Å². The number of rotatable bonds is 10. The second-order valence-corrected chi connectivity index (χ2v) is 12.7. The van der Waals surface area contributed by atoms with Crippen molar-refractivity contribution in [1.82, 2.24) is 25.4 Å². The van der Waals surface area contributed by atoms with Crippen LogP contribution in [0.4, 0.5) is 5.69 Å². The maximum absolute atomic E-state index is 14.0. The zero-order chi connectivity index (χ0) is 31.9. The van der Waals surface area contributed by atoms with Crippen LogP contribution in [0.15, 0.2) is 97.3 Å². The highest BCUT2D eigenvalue weighted by atomic mass is 35.5. The summed E-state index contributed by atoms with van der Waals surface area (Å²) in [6.07, 6.45) is 4.70. The summed E-state index contributed by atoms with van der Waals surface area (Å²) in [5.41, 5.74) is 6.96. The molecule has 3 aromatic carbocycles. The molecule has 46 heavy (non-hydrogen) atoms. The van der Waals surface area contributed by atoms with E-state index in [0.29, 0.717) is 37.5 Å². The van der Waals surface area contributed by atoms with Gasteiger partial charge in [0.2, 0.25) is 11.8 Å². The number of hydrogen-bond acceptors (Lipinski definition) is 6. The van der Waals surface area contributed by atoms with Crippen LogP contribution in [-0.4, -0.2) is 71.9 Å². The van der Waals surface area contributed by atoms with Gasteiger partial charge in [-0.25, -0.2) is 0 Å². The molecule has 6 rings (SSSR count). The van der Waals surface area contributed by atoms with Gasteiger partial charge >= 0.3 is 0 Å². The number of halogens is 1. The van der Waals surface area contributed by atoms with Crippen LogP contribution >= 0.6 is 11.6 Å². The third kappa shape index (κ3) is 7.94. The SMILES string of the molecule is CN(Cc1cccnc1)Cc1ccccc1N1CCN(C(=O)[C@@H](Cc2ccc(Cl)cc2)NC(=O)[C@H]2Cc3ccccc3CN2)CC1. The highest BCUT2D eigenvalue weighted by Gasteiger charge is 2.32. The molecular weight excluding hydrogens is 596 g/mol. The molecule has 0 spiro atoms. The molecule has 0 radical (unpaired) electrons. The number of amides is 2. The first-order valence-electron chi connectivity index (χ1n) is 16.0. The van der Waals surface area contributed by atoms with Gasteiger partial charge in [-0.05, 0) is 65.6 Å². The van der Waals surface area contributed by atoms with E-state index in [-0.39, 0.29) is 17.9 Å². The molecule has 2 aliphatic rings. The molecule has 2 atom stereocenters. The predicted molar refractivity (Wildman–Crippen MR) is 183 cm³/mol. The lowest BCUT2D eigenvalue weighted by Crippen LogP contribution is -2.58. The summed E-state index contributed by atoms with van der Waals surface area (Å²) in [5.74, 6) is -0.201. The van der Waals surface area contributed by atoms with Crippen molar-refractivity contribution in [2.75, 3.05) is 38.1 Å². The largest absolute Gasteiger partial charge is 0.368 e. The monoisotopic (exact) mass is 636 g/mol. The van der Waals surface area contributed by atoms with Crippen LogP contribution in [0, 0.1) is 0 Å². The van der Waals surface area contributed by atoms with Crippen molar-refractivity contribution in [3.8, 4) is 0 Å². The van der Waals surface area contributed by atoms with Crippen molar-refractivity contribution in [3.63, 3.8) is 0 Å². The normalized spacial score (nSPS) is 17.0. The molecule has 0 bridgehead atoms. The fraction of sp³-hybridized carbons (Fsp3) is 0.324. The van der Waals surface area contributed by atoms with Crippen LogP contribution in [-0.2, 0) is 42.1 Å². The van der Waals surface area contributed by atoms with E-state index >= 15 is 0 Å². The molecule has 9 heteroatoms. The summed E-state index contributed by atoms with van der Waals surface area (Å²) in [6.45, 7) is 4.86. The highest BCUT2D eigenvalue weighted by molar-refractivity contribution is 6.30. The molecule has 3 heterocycles. The fourth-order valence-electron chi connectivity index (χ4n) is 6.46. The Morgan fingerprint density at radius 1 is 0.913 bits per heavy atom. The minimum Gasteiger partial charge on any atom is -0.368 e. The first-order chi connectivity index (χ1) is 22.4. The number of piperazine rings is 1. The number of nitrogens with zero attached hydrogens (tertiary/aromatic N) is 4. The van der Waals surface area contributed by atoms with Crippen LogP contribution in [0.2, 0.25) is 5.02 Å². The van der Waals surface area contributed by atoms with E-state index in [0.717, 1.165) is 31.7 Å². The van der Waals surface area contributed by atoms with Crippen molar-refractivity contribution < 1.29 is 9.59 Å². The molecule has 8 nitrogen and oxygen atoms in total. The Labute approximate surface area is 276 Å². The van der Waals surface area contributed by atoms with Crippen LogP contribution in [0.1, 0.15) is 27.8 Å². The number of hydrogen-bond donors (Lipinski definition) is 2. The number of para-hydroxylation sites is 1. The average molecular weight is 637 g/mol. The van der Waals surface area contributed by atoms with Crippen molar-refractivity contribution in [2.45, 2.75) is 44.6 Å². The van der Waals surface area contributed by atoms with Gasteiger partial charge < -0.3 is 20.4 Å². The molecule has 0 unspecified atom stereocenters. The maximum Gasteiger partial charge on any atom is 0.245 e. The molecule has 1 aromatic heterocycles. The molecule has 2 aliphatic heterocycles. The number of benzene rings is 3. The van der Waals surface area contributed by atoms with Gasteiger partial charge in [0.25, 0.3) is 0 Å². The van der Waals surface area contributed by atoms with E-state index in [4.69, 9.17) is 11.6 Å². The summed E-state index contributed by atoms with van der Waals surface area (Å²) >= 11 is 6.14. The highest BCUT2D eigenvalue weighted by Crippen LogP contribution is 2.24. The number of pyridine rings is 1. The molecule has 1 fully saturated rings. The molecule has 0 aliphatic carbocycles. The van der Waals surface area contributed by atoms with Crippen LogP contribution in [0.25, 0.3) is 0 Å². The Bertz CT molecular complexity index is 1620. The smallest absolute Gasteiger partial charge is 0.245 e. The first kappa shape index (κ1) is 31.7. The number of anilines is 1. The molecule has 1 saturated heterocycles. The topological polar surface area (TPSA) is 80.8 Å². The average Bonchev–Trinajstić information content (AvgIpc) is 3.09. The van der Waals surface area contributed by atoms with E-state index in [2.05, 4.69) is 74.9 Å². The quantitative estimate of drug-likeness (QED) is 0.268. The molecule has 2 N–H and O–H groups in total. The standard InChI is InChI=1S/C37H41ClN6O2/c1-42(25-28-7-6-16-39-23-28)26-31-10-4-5-11-35(31)43-17-19-44(20-18-43)37(46)34(21-27-12-14-32(38)15-13-27)41-36(45)33-22-29-8-2-3-9-30(29)24-40-33/h2-16,23,33-34,40H,17-22,24-26H2,1H3,(H,41,45)/t33-,34-/m1/s1. The second-order valence-electron chi connectivity index (χ2n) is 12.3. The summed E-state index contributed by atoms with van der Waals surface area (Å²) in [6, 6.07) is 27.2. The van der Waals surface area contributed by atoms with Crippen LogP contribution in [0.3, 0.4) is 0 Å². The Kier molecular flexibility index (Phi) is 10.3. The van der Waals surface area contributed by atoms with Crippen LogP contribution in [0.5, 0.6) is 0 Å². The summed E-state index contributed by atoms with van der Waals surface area (Å²) in [7, 11) is 2.12. The molecule has 0 saturated carbocycles. The number of fused-ring (bicyclic) bond motifs is 1. The molecule has 4 aromatic rings. The van der Waals surface area contributed by atoms with Crippen molar-refractivity contribution in [1.29, 1.82) is 0 Å². The molecule has 238 valence electrons. The van der Waals surface area contributed by atoms with Crippen molar-refractivity contribution >= 4 is 29.1 Å². The van der Waals surface area contributed by atoms with Gasteiger partial charge in [0.05, 0.1) is 6.04 Å². The van der Waals surface area contributed by atoms with Crippen molar-refractivity contribution in [2.24, 2.45) is 0 Å². The van der Waals surface area contributed by atoms with Crippen LogP contribution < -0.4 is 15.5 Å². The van der Waals surface area contributed by atoms with E-state index in [1.54, 1.807) is 6.20 Å². The first-order valence-corrected chi connectivity index (χ1v) is 16.3. The summed E-state index contributed by atoms with van der Waals surface area (Å²) < 4.78 is 0. The minimum atomic E-state index is -0.674. The molecule has 2 amide bonds. The maximum atomic E-state index is 14.0. The Hall–Kier alpha value is -4.24. The van der Waals surface area contributed by atoms with Crippen molar-refractivity contribution in [3.05, 3.63) is 130 Å². The zero-order valence-corrected chi connectivity index (χ0v) is 27.0. The fourth-order valence-corrected chi connectivity index (χ4v) is 6.59. The number of carbonyl (C=O) groups is 2. The lowest BCUT2D eigenvalue weighted by atomic mass is 9.95. The summed E-state index contributed by atoms with van der Waals surface area (Å²) in [5, 5.41) is 7.12. The molecular formula is C37H41ClN6O2. The Balaban J connectivity index is 1.11. The van der Waals surface area contributed by atoms with E-state index in [9.17, 15) is 9.59 Å².